The van der Waals surface area contributed by atoms with Crippen molar-refractivity contribution in [2.45, 2.75) is 0 Å². The summed E-state index contributed by atoms with van der Waals surface area (Å²) in [4.78, 5) is 9.32. The summed E-state index contributed by atoms with van der Waals surface area (Å²) < 4.78 is 7.57. The molecule has 0 aliphatic carbocycles. The van der Waals surface area contributed by atoms with Crippen LogP contribution in [0.15, 0.2) is 42.5 Å². The van der Waals surface area contributed by atoms with Crippen LogP contribution in [0.2, 0.25) is 0 Å². The molecule has 0 amide bonds. The molecular formula is C15H10N2OS2. The second-order valence-corrected chi connectivity index (χ2v) is 6.40. The van der Waals surface area contributed by atoms with Gasteiger partial charge in [0.1, 0.15) is 5.75 Å². The van der Waals surface area contributed by atoms with E-state index in [1.54, 1.807) is 29.8 Å². The highest BCUT2D eigenvalue weighted by molar-refractivity contribution is 7.27. The number of para-hydroxylation sites is 1. The van der Waals surface area contributed by atoms with E-state index < -0.39 is 0 Å². The van der Waals surface area contributed by atoms with E-state index in [1.807, 2.05) is 36.4 Å². The van der Waals surface area contributed by atoms with E-state index in [0.717, 1.165) is 31.5 Å². The van der Waals surface area contributed by atoms with Gasteiger partial charge in [0.15, 0.2) is 10.0 Å². The van der Waals surface area contributed by atoms with Crippen LogP contribution in [0.3, 0.4) is 0 Å². The number of benzene rings is 2. The molecule has 2 heterocycles. The summed E-state index contributed by atoms with van der Waals surface area (Å²) in [7, 11) is 1.68. The molecule has 0 aliphatic rings. The largest absolute Gasteiger partial charge is 0.497 e. The predicted molar refractivity (Wildman–Crippen MR) is 84.8 cm³/mol. The Morgan fingerprint density at radius 3 is 2.30 bits per heavy atom. The molecule has 0 aliphatic heterocycles. The summed E-state index contributed by atoms with van der Waals surface area (Å²) in [6, 6.07) is 14.1. The number of methoxy groups -OCH3 is 1. The van der Waals surface area contributed by atoms with Gasteiger partial charge in [-0.15, -0.1) is 22.7 Å². The molecule has 0 spiro atoms. The Morgan fingerprint density at radius 2 is 1.55 bits per heavy atom. The highest BCUT2D eigenvalue weighted by Crippen LogP contribution is 2.36. The Morgan fingerprint density at radius 1 is 0.850 bits per heavy atom. The number of hydrogen-bond acceptors (Lipinski definition) is 5. The standard InChI is InChI=1S/C15H10N2OS2/c1-18-9-6-7-11-13(8-9)20-15(17-11)14-16-10-4-2-3-5-12(10)19-14/h2-8H,1H3. The highest BCUT2D eigenvalue weighted by Gasteiger charge is 2.11. The van der Waals surface area contributed by atoms with Gasteiger partial charge in [0.2, 0.25) is 0 Å². The molecule has 0 saturated carbocycles. The Balaban J connectivity index is 1.88. The van der Waals surface area contributed by atoms with Crippen molar-refractivity contribution in [2.24, 2.45) is 0 Å². The zero-order valence-corrected chi connectivity index (χ0v) is 12.3. The number of rotatable bonds is 2. The van der Waals surface area contributed by atoms with E-state index in [9.17, 15) is 0 Å². The first-order valence-electron chi connectivity index (χ1n) is 6.14. The average molecular weight is 298 g/mol. The molecule has 3 nitrogen and oxygen atoms in total. The molecule has 4 rings (SSSR count). The van der Waals surface area contributed by atoms with Crippen molar-refractivity contribution < 1.29 is 4.74 Å². The quantitative estimate of drug-likeness (QED) is 0.543. The van der Waals surface area contributed by atoms with Gasteiger partial charge in [-0.2, -0.15) is 0 Å². The first-order chi connectivity index (χ1) is 9.83. The van der Waals surface area contributed by atoms with Gasteiger partial charge >= 0.3 is 0 Å². The first kappa shape index (κ1) is 11.8. The van der Waals surface area contributed by atoms with Crippen LogP contribution >= 0.6 is 22.7 Å². The van der Waals surface area contributed by atoms with Crippen molar-refractivity contribution in [1.29, 1.82) is 0 Å². The summed E-state index contributed by atoms with van der Waals surface area (Å²) in [5.74, 6) is 0.858. The smallest absolute Gasteiger partial charge is 0.153 e. The summed E-state index contributed by atoms with van der Waals surface area (Å²) >= 11 is 3.33. The van der Waals surface area contributed by atoms with Gasteiger partial charge in [-0.05, 0) is 30.3 Å². The molecule has 2 aromatic carbocycles. The lowest BCUT2D eigenvalue weighted by atomic mass is 10.3. The lowest BCUT2D eigenvalue weighted by Crippen LogP contribution is -1.80. The lowest BCUT2D eigenvalue weighted by molar-refractivity contribution is 0.415. The molecule has 0 unspecified atom stereocenters. The van der Waals surface area contributed by atoms with Gasteiger partial charge in [-0.1, -0.05) is 12.1 Å². The number of aromatic nitrogens is 2. The Hall–Kier alpha value is -1.98. The van der Waals surface area contributed by atoms with E-state index in [-0.39, 0.29) is 0 Å². The fourth-order valence-electron chi connectivity index (χ4n) is 2.09. The molecular weight excluding hydrogens is 288 g/mol. The average Bonchev–Trinajstić information content (AvgIpc) is 3.09. The molecule has 0 atom stereocenters. The second kappa shape index (κ2) is 4.54. The maximum absolute atomic E-state index is 5.25. The monoisotopic (exact) mass is 298 g/mol. The molecule has 4 aromatic rings. The first-order valence-corrected chi connectivity index (χ1v) is 7.77. The number of hydrogen-bond donors (Lipinski definition) is 0. The van der Waals surface area contributed by atoms with E-state index in [0.29, 0.717) is 0 Å². The van der Waals surface area contributed by atoms with Crippen molar-refractivity contribution in [2.75, 3.05) is 7.11 Å². The maximum Gasteiger partial charge on any atom is 0.153 e. The zero-order valence-electron chi connectivity index (χ0n) is 10.7. The van der Waals surface area contributed by atoms with E-state index in [4.69, 9.17) is 4.74 Å². The molecule has 2 aromatic heterocycles. The van der Waals surface area contributed by atoms with Gasteiger partial charge in [-0.3, -0.25) is 0 Å². The van der Waals surface area contributed by atoms with E-state index in [1.165, 1.54) is 4.70 Å². The summed E-state index contributed by atoms with van der Waals surface area (Å²) in [5.41, 5.74) is 2.02. The number of nitrogens with zero attached hydrogens (tertiary/aromatic N) is 2. The minimum Gasteiger partial charge on any atom is -0.497 e. The van der Waals surface area contributed by atoms with Crippen molar-refractivity contribution in [3.8, 4) is 15.8 Å². The lowest BCUT2D eigenvalue weighted by Gasteiger charge is -1.96. The minimum atomic E-state index is 0.858. The highest BCUT2D eigenvalue weighted by atomic mass is 32.1. The summed E-state index contributed by atoms with van der Waals surface area (Å²) in [6.45, 7) is 0. The molecule has 0 bridgehead atoms. The van der Waals surface area contributed by atoms with Gasteiger partial charge in [-0.25, -0.2) is 9.97 Å². The summed E-state index contributed by atoms with van der Waals surface area (Å²) in [5, 5.41) is 1.95. The van der Waals surface area contributed by atoms with Crippen LogP contribution in [-0.4, -0.2) is 17.1 Å². The number of thiazole rings is 2. The third-order valence-electron chi connectivity index (χ3n) is 3.07. The number of ether oxygens (including phenoxy) is 1. The third kappa shape index (κ3) is 1.87. The molecule has 0 radical (unpaired) electrons. The van der Waals surface area contributed by atoms with Crippen LogP contribution in [-0.2, 0) is 0 Å². The Kier molecular flexibility index (Phi) is 2.68. The predicted octanol–water partition coefficient (Wildman–Crippen LogP) is 4.58. The van der Waals surface area contributed by atoms with Gasteiger partial charge in [0, 0.05) is 0 Å². The maximum atomic E-state index is 5.25. The van der Waals surface area contributed by atoms with Crippen LogP contribution < -0.4 is 4.74 Å². The van der Waals surface area contributed by atoms with Crippen LogP contribution in [0.4, 0.5) is 0 Å². The van der Waals surface area contributed by atoms with E-state index >= 15 is 0 Å². The van der Waals surface area contributed by atoms with Gasteiger partial charge < -0.3 is 4.74 Å². The molecule has 0 fully saturated rings. The fourth-order valence-corrected chi connectivity index (χ4v) is 4.07. The molecule has 20 heavy (non-hydrogen) atoms. The van der Waals surface area contributed by atoms with E-state index in [2.05, 4.69) is 16.0 Å². The fraction of sp³-hybridized carbons (Fsp3) is 0.0667. The van der Waals surface area contributed by atoms with Crippen LogP contribution in [0, 0.1) is 0 Å². The summed E-state index contributed by atoms with van der Waals surface area (Å²) in [6.07, 6.45) is 0. The zero-order chi connectivity index (χ0) is 13.5. The topological polar surface area (TPSA) is 35.0 Å². The Bertz CT molecular complexity index is 877. The number of fused-ring (bicyclic) bond motifs is 2. The van der Waals surface area contributed by atoms with Crippen molar-refractivity contribution in [3.63, 3.8) is 0 Å². The Labute approximate surface area is 123 Å². The van der Waals surface area contributed by atoms with Crippen molar-refractivity contribution >= 4 is 43.1 Å². The third-order valence-corrected chi connectivity index (χ3v) is 5.27. The molecule has 0 N–H and O–H groups in total. The van der Waals surface area contributed by atoms with Crippen molar-refractivity contribution in [1.82, 2.24) is 9.97 Å². The van der Waals surface area contributed by atoms with Crippen LogP contribution in [0.5, 0.6) is 5.75 Å². The molecule has 0 saturated heterocycles. The SMILES string of the molecule is COc1ccc2nc(-c3nc4ccccc4s3)sc2c1. The minimum absolute atomic E-state index is 0.858. The van der Waals surface area contributed by atoms with Gasteiger partial charge in [0.05, 0.1) is 27.5 Å². The normalized spacial score (nSPS) is 11.2. The van der Waals surface area contributed by atoms with Crippen LogP contribution in [0.1, 0.15) is 0 Å². The van der Waals surface area contributed by atoms with Crippen LogP contribution in [0.25, 0.3) is 30.4 Å². The molecule has 5 heteroatoms. The second-order valence-electron chi connectivity index (χ2n) is 4.34. The van der Waals surface area contributed by atoms with Gasteiger partial charge in [0.25, 0.3) is 0 Å². The molecule has 98 valence electrons. The van der Waals surface area contributed by atoms with Crippen molar-refractivity contribution in [3.05, 3.63) is 42.5 Å².